The summed E-state index contributed by atoms with van der Waals surface area (Å²) in [6, 6.07) is 9.60. The minimum atomic E-state index is -3.14. The number of alkyl halides is 2. The third-order valence-electron chi connectivity index (χ3n) is 3.07. The van der Waals surface area contributed by atoms with E-state index in [2.05, 4.69) is 20.2 Å². The molecule has 0 saturated carbocycles. The minimum Gasteiger partial charge on any atom is -0.432 e. The normalized spacial score (nSPS) is 10.7. The van der Waals surface area contributed by atoms with Crippen molar-refractivity contribution < 1.29 is 27.2 Å². The van der Waals surface area contributed by atoms with Gasteiger partial charge in [0.05, 0.1) is 5.69 Å². The number of aromatic nitrogens is 2. The Balaban J connectivity index is 1.72. The first-order valence-corrected chi connectivity index (χ1v) is 6.97. The molecule has 1 amide bonds. The van der Waals surface area contributed by atoms with Gasteiger partial charge in [0.2, 0.25) is 5.76 Å². The third-order valence-corrected chi connectivity index (χ3v) is 3.07. The Labute approximate surface area is 139 Å². The second-order valence-corrected chi connectivity index (χ2v) is 4.77. The average Bonchev–Trinajstić information content (AvgIpc) is 3.08. The van der Waals surface area contributed by atoms with E-state index in [1.807, 2.05) is 0 Å². The Kier molecular flexibility index (Phi) is 4.64. The van der Waals surface area contributed by atoms with Crippen LogP contribution in [0.3, 0.4) is 0 Å². The zero-order valence-corrected chi connectivity index (χ0v) is 12.4. The van der Waals surface area contributed by atoms with Gasteiger partial charge in [-0.1, -0.05) is 11.2 Å². The van der Waals surface area contributed by atoms with E-state index < -0.39 is 24.1 Å². The fraction of sp³-hybridized carbons (Fsp3) is 0.0625. The number of pyridine rings is 1. The highest BCUT2D eigenvalue weighted by atomic mass is 19.3. The summed E-state index contributed by atoms with van der Waals surface area (Å²) < 4.78 is 46.7. The van der Waals surface area contributed by atoms with Crippen molar-refractivity contribution in [3.8, 4) is 17.1 Å². The van der Waals surface area contributed by atoms with Gasteiger partial charge in [0.1, 0.15) is 5.69 Å². The van der Waals surface area contributed by atoms with E-state index in [1.54, 1.807) is 24.4 Å². The standard InChI is InChI=1S/C16H10F3N3O3/c17-10-7-9(4-5-13(10)24-16(18)19)21-15(23)14-8-12(22-25-14)11-3-1-2-6-20-11/h1-8,16H,(H,21,23). The predicted molar refractivity (Wildman–Crippen MR) is 80.7 cm³/mol. The van der Waals surface area contributed by atoms with Crippen molar-refractivity contribution >= 4 is 11.6 Å². The number of nitrogens with one attached hydrogen (secondary N) is 1. The van der Waals surface area contributed by atoms with Crippen LogP contribution in [0.4, 0.5) is 18.9 Å². The summed E-state index contributed by atoms with van der Waals surface area (Å²) in [7, 11) is 0. The van der Waals surface area contributed by atoms with Crippen molar-refractivity contribution in [2.24, 2.45) is 0 Å². The van der Waals surface area contributed by atoms with E-state index in [4.69, 9.17) is 4.52 Å². The number of halogens is 3. The second-order valence-electron chi connectivity index (χ2n) is 4.77. The fourth-order valence-electron chi connectivity index (χ4n) is 1.98. The number of hydrogen-bond acceptors (Lipinski definition) is 5. The quantitative estimate of drug-likeness (QED) is 0.759. The van der Waals surface area contributed by atoms with Gasteiger partial charge in [0, 0.05) is 24.0 Å². The molecule has 0 atom stereocenters. The lowest BCUT2D eigenvalue weighted by Gasteiger charge is -2.07. The molecule has 0 saturated heterocycles. The van der Waals surface area contributed by atoms with E-state index in [9.17, 15) is 18.0 Å². The molecule has 2 aromatic heterocycles. The van der Waals surface area contributed by atoms with Crippen molar-refractivity contribution in [1.29, 1.82) is 0 Å². The zero-order valence-electron chi connectivity index (χ0n) is 12.4. The molecule has 3 aromatic rings. The molecule has 128 valence electrons. The molecule has 0 aliphatic carbocycles. The Morgan fingerprint density at radius 3 is 2.68 bits per heavy atom. The smallest absolute Gasteiger partial charge is 0.387 e. The van der Waals surface area contributed by atoms with Crippen molar-refractivity contribution in [2.75, 3.05) is 5.32 Å². The largest absolute Gasteiger partial charge is 0.432 e. The van der Waals surface area contributed by atoms with Crippen molar-refractivity contribution in [1.82, 2.24) is 10.1 Å². The molecule has 25 heavy (non-hydrogen) atoms. The van der Waals surface area contributed by atoms with Crippen LogP contribution in [0.2, 0.25) is 0 Å². The van der Waals surface area contributed by atoms with E-state index >= 15 is 0 Å². The lowest BCUT2D eigenvalue weighted by Crippen LogP contribution is -2.11. The maximum Gasteiger partial charge on any atom is 0.387 e. The molecule has 0 radical (unpaired) electrons. The first-order valence-electron chi connectivity index (χ1n) is 6.97. The maximum absolute atomic E-state index is 13.6. The van der Waals surface area contributed by atoms with Crippen LogP contribution < -0.4 is 10.1 Å². The summed E-state index contributed by atoms with van der Waals surface area (Å²) in [5.41, 5.74) is 0.919. The Hall–Kier alpha value is -3.36. The summed E-state index contributed by atoms with van der Waals surface area (Å²) >= 11 is 0. The topological polar surface area (TPSA) is 77.2 Å². The van der Waals surface area contributed by atoms with Gasteiger partial charge in [-0.3, -0.25) is 9.78 Å². The number of hydrogen-bond donors (Lipinski definition) is 1. The molecule has 0 aliphatic rings. The first-order chi connectivity index (χ1) is 12.0. The SMILES string of the molecule is O=C(Nc1ccc(OC(F)F)c(F)c1)c1cc(-c2ccccn2)no1. The van der Waals surface area contributed by atoms with Crippen LogP contribution >= 0.6 is 0 Å². The van der Waals surface area contributed by atoms with Crippen molar-refractivity contribution in [3.63, 3.8) is 0 Å². The molecule has 1 aromatic carbocycles. The van der Waals surface area contributed by atoms with Gasteiger partial charge >= 0.3 is 6.61 Å². The van der Waals surface area contributed by atoms with Crippen molar-refractivity contribution in [3.05, 3.63) is 60.2 Å². The number of rotatable bonds is 5. The third kappa shape index (κ3) is 3.94. The molecular formula is C16H10F3N3O3. The second kappa shape index (κ2) is 7.04. The molecule has 1 N–H and O–H groups in total. The van der Waals surface area contributed by atoms with E-state index in [-0.39, 0.29) is 11.4 Å². The van der Waals surface area contributed by atoms with Crippen LogP contribution in [0.5, 0.6) is 5.75 Å². The highest BCUT2D eigenvalue weighted by Gasteiger charge is 2.16. The number of benzene rings is 1. The summed E-state index contributed by atoms with van der Waals surface area (Å²) in [4.78, 5) is 16.2. The number of carbonyl (C=O) groups excluding carboxylic acids is 1. The van der Waals surface area contributed by atoms with Crippen LogP contribution in [-0.2, 0) is 0 Å². The van der Waals surface area contributed by atoms with Gasteiger partial charge in [-0.25, -0.2) is 4.39 Å². The number of carbonyl (C=O) groups is 1. The van der Waals surface area contributed by atoms with Gasteiger partial charge in [-0.15, -0.1) is 0 Å². The fourth-order valence-corrected chi connectivity index (χ4v) is 1.98. The predicted octanol–water partition coefficient (Wildman–Crippen LogP) is 3.73. The monoisotopic (exact) mass is 349 g/mol. The maximum atomic E-state index is 13.6. The number of anilines is 1. The van der Waals surface area contributed by atoms with Gasteiger partial charge in [-0.05, 0) is 24.3 Å². The minimum absolute atomic E-state index is 0.0416. The van der Waals surface area contributed by atoms with Crippen LogP contribution in [0.25, 0.3) is 11.4 Å². The Morgan fingerprint density at radius 1 is 1.16 bits per heavy atom. The number of amides is 1. The van der Waals surface area contributed by atoms with Crippen LogP contribution in [0.15, 0.2) is 53.2 Å². The highest BCUT2D eigenvalue weighted by molar-refractivity contribution is 6.02. The van der Waals surface area contributed by atoms with E-state index in [0.29, 0.717) is 11.4 Å². The average molecular weight is 349 g/mol. The molecule has 0 fully saturated rings. The molecule has 6 nitrogen and oxygen atoms in total. The van der Waals surface area contributed by atoms with E-state index in [1.165, 1.54) is 12.1 Å². The summed E-state index contributed by atoms with van der Waals surface area (Å²) in [6.45, 7) is -3.14. The van der Waals surface area contributed by atoms with Gasteiger partial charge in [0.15, 0.2) is 11.6 Å². The molecule has 0 bridgehead atoms. The summed E-state index contributed by atoms with van der Waals surface area (Å²) in [5.74, 6) is -2.46. The van der Waals surface area contributed by atoms with Gasteiger partial charge < -0.3 is 14.6 Å². The number of nitrogens with zero attached hydrogens (tertiary/aromatic N) is 2. The van der Waals surface area contributed by atoms with Crippen molar-refractivity contribution in [2.45, 2.75) is 6.61 Å². The molecule has 0 aliphatic heterocycles. The van der Waals surface area contributed by atoms with Crippen LogP contribution in [0, 0.1) is 5.82 Å². The first kappa shape index (κ1) is 16.5. The summed E-state index contributed by atoms with van der Waals surface area (Å²) in [6.07, 6.45) is 1.57. The summed E-state index contributed by atoms with van der Waals surface area (Å²) in [5, 5.41) is 6.11. The van der Waals surface area contributed by atoms with Gasteiger partial charge in [-0.2, -0.15) is 8.78 Å². The highest BCUT2D eigenvalue weighted by Crippen LogP contribution is 2.23. The van der Waals surface area contributed by atoms with Gasteiger partial charge in [0.25, 0.3) is 5.91 Å². The lowest BCUT2D eigenvalue weighted by atomic mass is 10.2. The molecular weight excluding hydrogens is 339 g/mol. The molecule has 0 unspecified atom stereocenters. The Morgan fingerprint density at radius 2 is 2.00 bits per heavy atom. The van der Waals surface area contributed by atoms with Crippen LogP contribution in [0.1, 0.15) is 10.6 Å². The van der Waals surface area contributed by atoms with Crippen LogP contribution in [-0.4, -0.2) is 22.7 Å². The number of ether oxygens (including phenoxy) is 1. The molecule has 2 heterocycles. The molecule has 9 heteroatoms. The van der Waals surface area contributed by atoms with E-state index in [0.717, 1.165) is 12.1 Å². The zero-order chi connectivity index (χ0) is 17.8. The lowest BCUT2D eigenvalue weighted by molar-refractivity contribution is -0.0521. The molecule has 0 spiro atoms. The Bertz CT molecular complexity index is 885. The molecule has 3 rings (SSSR count).